The maximum Gasteiger partial charge on any atom is 0.0621 e. The van der Waals surface area contributed by atoms with Gasteiger partial charge >= 0.3 is 0 Å². The number of halogens is 2. The molecular formula is C15H12BrClO. The minimum absolute atomic E-state index is 0.00796. The molecule has 0 radical (unpaired) electrons. The van der Waals surface area contributed by atoms with Crippen LogP contribution < -0.4 is 0 Å². The molecule has 92 valence electrons. The van der Waals surface area contributed by atoms with Crippen LogP contribution in [-0.4, -0.2) is 11.7 Å². The first-order valence-corrected chi connectivity index (χ1v) is 6.70. The molecule has 0 bridgehead atoms. The van der Waals surface area contributed by atoms with Crippen LogP contribution in [0.5, 0.6) is 0 Å². The van der Waals surface area contributed by atoms with Crippen molar-refractivity contribution in [2.45, 2.75) is 0 Å². The van der Waals surface area contributed by atoms with Crippen molar-refractivity contribution in [3.05, 3.63) is 75.2 Å². The van der Waals surface area contributed by atoms with Crippen molar-refractivity contribution in [3.8, 4) is 0 Å². The molecule has 0 aliphatic heterocycles. The van der Waals surface area contributed by atoms with E-state index in [1.54, 1.807) is 6.08 Å². The average Bonchev–Trinajstić information content (AvgIpc) is 2.39. The molecule has 2 aromatic rings. The fourth-order valence-electron chi connectivity index (χ4n) is 1.75. The summed E-state index contributed by atoms with van der Waals surface area (Å²) >= 11 is 9.30. The van der Waals surface area contributed by atoms with Crippen LogP contribution in [0.15, 0.2) is 59.1 Å². The third kappa shape index (κ3) is 3.22. The molecule has 0 aromatic heterocycles. The molecular weight excluding hydrogens is 312 g/mol. The normalized spacial score (nSPS) is 11.6. The van der Waals surface area contributed by atoms with Crippen LogP contribution in [0.4, 0.5) is 0 Å². The molecule has 1 N–H and O–H groups in total. The molecule has 2 aromatic carbocycles. The molecule has 3 heteroatoms. The summed E-state index contributed by atoms with van der Waals surface area (Å²) in [7, 11) is 0. The molecule has 0 saturated carbocycles. The molecule has 18 heavy (non-hydrogen) atoms. The second-order valence-electron chi connectivity index (χ2n) is 3.81. The Morgan fingerprint density at radius 3 is 2.00 bits per heavy atom. The molecule has 2 rings (SSSR count). The zero-order valence-corrected chi connectivity index (χ0v) is 11.9. The average molecular weight is 324 g/mol. The summed E-state index contributed by atoms with van der Waals surface area (Å²) < 4.78 is 1.03. The Morgan fingerprint density at radius 1 is 1.00 bits per heavy atom. The summed E-state index contributed by atoms with van der Waals surface area (Å²) in [6, 6.07) is 15.6. The predicted molar refractivity (Wildman–Crippen MR) is 79.8 cm³/mol. The lowest BCUT2D eigenvalue weighted by atomic mass is 9.98. The van der Waals surface area contributed by atoms with Crippen LogP contribution in [0.1, 0.15) is 11.1 Å². The van der Waals surface area contributed by atoms with E-state index in [0.717, 1.165) is 21.2 Å². The first-order valence-electron chi connectivity index (χ1n) is 5.53. The van der Waals surface area contributed by atoms with Gasteiger partial charge in [-0.15, -0.1) is 0 Å². The number of hydrogen-bond acceptors (Lipinski definition) is 1. The highest BCUT2D eigenvalue weighted by Crippen LogP contribution is 2.25. The smallest absolute Gasteiger partial charge is 0.0621 e. The van der Waals surface area contributed by atoms with Crippen LogP contribution in [0.3, 0.4) is 0 Å². The van der Waals surface area contributed by atoms with Gasteiger partial charge in [0.05, 0.1) is 6.61 Å². The number of aliphatic hydroxyl groups is 1. The summed E-state index contributed by atoms with van der Waals surface area (Å²) in [6.45, 7) is 0.00796. The van der Waals surface area contributed by atoms with Crippen LogP contribution in [0.2, 0.25) is 5.02 Å². The fraction of sp³-hybridized carbons (Fsp3) is 0.0667. The Morgan fingerprint density at radius 2 is 1.50 bits per heavy atom. The van der Waals surface area contributed by atoms with Crippen molar-refractivity contribution >= 4 is 33.1 Å². The quantitative estimate of drug-likeness (QED) is 0.880. The highest BCUT2D eigenvalue weighted by Gasteiger charge is 2.04. The van der Waals surface area contributed by atoms with Gasteiger partial charge in [-0.1, -0.05) is 57.9 Å². The third-order valence-corrected chi connectivity index (χ3v) is 3.39. The zero-order chi connectivity index (χ0) is 13.0. The van der Waals surface area contributed by atoms with Crippen LogP contribution >= 0.6 is 27.5 Å². The third-order valence-electron chi connectivity index (χ3n) is 2.61. The van der Waals surface area contributed by atoms with Crippen LogP contribution in [0, 0.1) is 0 Å². The Kier molecular flexibility index (Phi) is 4.59. The number of hydrogen-bond donors (Lipinski definition) is 1. The standard InChI is InChI=1S/C15H12BrClO/c16-13-5-1-11(2-6-13)15(9-10-18)12-3-7-14(17)8-4-12/h1-9,18H,10H2/b15-9+. The van der Waals surface area contributed by atoms with Gasteiger partial charge in [-0.3, -0.25) is 0 Å². The maximum absolute atomic E-state index is 9.16. The van der Waals surface area contributed by atoms with Crippen molar-refractivity contribution in [2.75, 3.05) is 6.61 Å². The van der Waals surface area contributed by atoms with Gasteiger partial charge in [-0.25, -0.2) is 0 Å². The van der Waals surface area contributed by atoms with Gasteiger partial charge in [0.1, 0.15) is 0 Å². The molecule has 0 heterocycles. The second-order valence-corrected chi connectivity index (χ2v) is 5.17. The Labute approximate surface area is 120 Å². The van der Waals surface area contributed by atoms with Gasteiger partial charge < -0.3 is 5.11 Å². The van der Waals surface area contributed by atoms with Crippen molar-refractivity contribution in [1.29, 1.82) is 0 Å². The Hall–Kier alpha value is -1.09. The van der Waals surface area contributed by atoms with Crippen molar-refractivity contribution in [3.63, 3.8) is 0 Å². The minimum atomic E-state index is 0.00796. The monoisotopic (exact) mass is 322 g/mol. The van der Waals surface area contributed by atoms with E-state index < -0.39 is 0 Å². The molecule has 0 fully saturated rings. The maximum atomic E-state index is 9.16. The lowest BCUT2D eigenvalue weighted by Crippen LogP contribution is -1.90. The van der Waals surface area contributed by atoms with Crippen molar-refractivity contribution in [2.24, 2.45) is 0 Å². The number of rotatable bonds is 3. The first-order chi connectivity index (χ1) is 8.70. The molecule has 0 aliphatic rings. The van der Waals surface area contributed by atoms with E-state index in [0.29, 0.717) is 5.02 Å². The van der Waals surface area contributed by atoms with Gasteiger partial charge in [-0.2, -0.15) is 0 Å². The Balaban J connectivity index is 2.43. The van der Waals surface area contributed by atoms with E-state index in [1.807, 2.05) is 48.5 Å². The molecule has 0 atom stereocenters. The van der Waals surface area contributed by atoms with E-state index in [1.165, 1.54) is 0 Å². The number of aliphatic hydroxyl groups excluding tert-OH is 1. The van der Waals surface area contributed by atoms with Gasteiger partial charge in [-0.05, 0) is 41.0 Å². The lowest BCUT2D eigenvalue weighted by molar-refractivity contribution is 0.343. The molecule has 0 amide bonds. The van der Waals surface area contributed by atoms with E-state index in [9.17, 15) is 0 Å². The summed E-state index contributed by atoms with van der Waals surface area (Å²) in [6.07, 6.45) is 1.80. The summed E-state index contributed by atoms with van der Waals surface area (Å²) in [5.41, 5.74) is 3.10. The minimum Gasteiger partial charge on any atom is -0.392 e. The van der Waals surface area contributed by atoms with E-state index in [2.05, 4.69) is 15.9 Å². The summed E-state index contributed by atoms with van der Waals surface area (Å²) in [5.74, 6) is 0. The molecule has 0 saturated heterocycles. The summed E-state index contributed by atoms with van der Waals surface area (Å²) in [4.78, 5) is 0. The van der Waals surface area contributed by atoms with E-state index in [4.69, 9.17) is 16.7 Å². The van der Waals surface area contributed by atoms with Gasteiger partial charge in [0.25, 0.3) is 0 Å². The molecule has 1 nitrogen and oxygen atoms in total. The van der Waals surface area contributed by atoms with Gasteiger partial charge in [0.2, 0.25) is 0 Å². The van der Waals surface area contributed by atoms with Crippen molar-refractivity contribution < 1.29 is 5.11 Å². The van der Waals surface area contributed by atoms with Crippen molar-refractivity contribution in [1.82, 2.24) is 0 Å². The van der Waals surface area contributed by atoms with E-state index >= 15 is 0 Å². The molecule has 0 unspecified atom stereocenters. The second kappa shape index (κ2) is 6.19. The number of benzene rings is 2. The van der Waals surface area contributed by atoms with Crippen LogP contribution in [0.25, 0.3) is 5.57 Å². The fourth-order valence-corrected chi connectivity index (χ4v) is 2.14. The first kappa shape index (κ1) is 13.3. The Bertz CT molecular complexity index is 496. The highest BCUT2D eigenvalue weighted by atomic mass is 79.9. The largest absolute Gasteiger partial charge is 0.392 e. The van der Waals surface area contributed by atoms with Gasteiger partial charge in [0, 0.05) is 9.50 Å². The van der Waals surface area contributed by atoms with Crippen LogP contribution in [-0.2, 0) is 0 Å². The SMILES string of the molecule is OC/C=C(/c1ccc(Cl)cc1)c1ccc(Br)cc1. The molecule has 0 spiro atoms. The highest BCUT2D eigenvalue weighted by molar-refractivity contribution is 9.10. The zero-order valence-electron chi connectivity index (χ0n) is 9.61. The lowest BCUT2D eigenvalue weighted by Gasteiger charge is -2.08. The van der Waals surface area contributed by atoms with Gasteiger partial charge in [0.15, 0.2) is 0 Å². The molecule has 0 aliphatic carbocycles. The topological polar surface area (TPSA) is 20.2 Å². The predicted octanol–water partition coefficient (Wildman–Crippen LogP) is 4.53. The van der Waals surface area contributed by atoms with E-state index in [-0.39, 0.29) is 6.61 Å². The summed E-state index contributed by atoms with van der Waals surface area (Å²) in [5, 5.41) is 9.86.